The van der Waals surface area contributed by atoms with Gasteiger partial charge in [-0.1, -0.05) is 30.3 Å². The molecule has 1 amide bonds. The molecule has 1 aromatic heterocycles. The van der Waals surface area contributed by atoms with Crippen LogP contribution >= 0.6 is 0 Å². The normalized spacial score (nSPS) is 16.1. The minimum atomic E-state index is -0.792. The lowest BCUT2D eigenvalue weighted by Gasteiger charge is -2.36. The fraction of sp³-hybridized carbons (Fsp3) is 0.357. The summed E-state index contributed by atoms with van der Waals surface area (Å²) in [5.41, 5.74) is 12.0. The van der Waals surface area contributed by atoms with E-state index in [1.807, 2.05) is 60.4 Å². The summed E-state index contributed by atoms with van der Waals surface area (Å²) in [7, 11) is 0. The lowest BCUT2D eigenvalue weighted by molar-refractivity contribution is -0.137. The SMILES string of the molecule is CC1=CN(C2CCN(C(=O)c3ccc4nc(-c5ccccc5)c(CCCCC(=O)O)nc4c3)CC2)NN1. The summed E-state index contributed by atoms with van der Waals surface area (Å²) in [4.78, 5) is 36.0. The van der Waals surface area contributed by atoms with Crippen molar-refractivity contribution >= 4 is 22.9 Å². The Hall–Kier alpha value is -3.98. The molecular formula is C28H32N6O3. The number of carbonyl (C=O) groups excluding carboxylic acids is 1. The van der Waals surface area contributed by atoms with E-state index < -0.39 is 5.97 Å². The molecule has 3 aromatic rings. The Morgan fingerprint density at radius 3 is 2.51 bits per heavy atom. The number of unbranched alkanes of at least 4 members (excludes halogenated alkanes) is 1. The average Bonchev–Trinajstić information content (AvgIpc) is 3.36. The number of nitrogens with one attached hydrogen (secondary N) is 2. The van der Waals surface area contributed by atoms with Crippen LogP contribution in [0.15, 0.2) is 60.4 Å². The zero-order valence-corrected chi connectivity index (χ0v) is 21.0. The third-order valence-electron chi connectivity index (χ3n) is 6.94. The molecule has 1 fully saturated rings. The number of aliphatic carboxylic acids is 1. The number of hydrazine groups is 2. The summed E-state index contributed by atoms with van der Waals surface area (Å²) in [6.07, 6.45) is 5.88. The van der Waals surface area contributed by atoms with Crippen LogP contribution in [0, 0.1) is 0 Å². The molecule has 3 N–H and O–H groups in total. The predicted molar refractivity (Wildman–Crippen MR) is 141 cm³/mol. The van der Waals surface area contributed by atoms with E-state index >= 15 is 0 Å². The van der Waals surface area contributed by atoms with Crippen molar-refractivity contribution in [3.05, 3.63) is 71.7 Å². The molecule has 2 aromatic carbocycles. The topological polar surface area (TPSA) is 111 Å². The number of allylic oxidation sites excluding steroid dienone is 1. The van der Waals surface area contributed by atoms with E-state index in [0.717, 1.165) is 41.0 Å². The molecule has 3 heterocycles. The Labute approximate surface area is 216 Å². The number of piperidine rings is 1. The zero-order valence-electron chi connectivity index (χ0n) is 21.0. The van der Waals surface area contributed by atoms with Crippen LogP contribution in [0.25, 0.3) is 22.3 Å². The van der Waals surface area contributed by atoms with Gasteiger partial charge in [-0.15, -0.1) is 5.53 Å². The summed E-state index contributed by atoms with van der Waals surface area (Å²) >= 11 is 0. The highest BCUT2D eigenvalue weighted by molar-refractivity contribution is 5.97. The van der Waals surface area contributed by atoms with Gasteiger partial charge >= 0.3 is 5.97 Å². The van der Waals surface area contributed by atoms with E-state index in [-0.39, 0.29) is 12.3 Å². The number of carboxylic acids is 1. The molecule has 0 unspecified atom stereocenters. The molecule has 9 nitrogen and oxygen atoms in total. The monoisotopic (exact) mass is 500 g/mol. The van der Waals surface area contributed by atoms with Gasteiger partial charge in [0.2, 0.25) is 0 Å². The summed E-state index contributed by atoms with van der Waals surface area (Å²) in [6, 6.07) is 15.8. The van der Waals surface area contributed by atoms with Gasteiger partial charge in [0.25, 0.3) is 5.91 Å². The highest BCUT2D eigenvalue weighted by Crippen LogP contribution is 2.26. The lowest BCUT2D eigenvalue weighted by Crippen LogP contribution is -2.49. The lowest BCUT2D eigenvalue weighted by atomic mass is 10.0. The molecule has 0 radical (unpaired) electrons. The summed E-state index contributed by atoms with van der Waals surface area (Å²) in [5, 5.41) is 11.1. The van der Waals surface area contributed by atoms with Crippen LogP contribution < -0.4 is 11.0 Å². The van der Waals surface area contributed by atoms with Gasteiger partial charge in [-0.3, -0.25) is 14.6 Å². The molecule has 0 bridgehead atoms. The van der Waals surface area contributed by atoms with Gasteiger partial charge in [-0.25, -0.2) is 9.97 Å². The van der Waals surface area contributed by atoms with Crippen LogP contribution in [0.4, 0.5) is 0 Å². The number of rotatable bonds is 8. The van der Waals surface area contributed by atoms with Gasteiger partial charge in [0.05, 0.1) is 22.4 Å². The largest absolute Gasteiger partial charge is 0.481 e. The van der Waals surface area contributed by atoms with Crippen LogP contribution in [0.2, 0.25) is 0 Å². The Balaban J connectivity index is 1.35. The minimum absolute atomic E-state index is 0.0107. The van der Waals surface area contributed by atoms with Gasteiger partial charge in [-0.2, -0.15) is 0 Å². The van der Waals surface area contributed by atoms with Crippen molar-refractivity contribution in [3.63, 3.8) is 0 Å². The fourth-order valence-electron chi connectivity index (χ4n) is 4.95. The van der Waals surface area contributed by atoms with Crippen molar-refractivity contribution in [2.75, 3.05) is 13.1 Å². The maximum absolute atomic E-state index is 13.3. The molecule has 9 heteroatoms. The standard InChI is InChI=1S/C28H32N6O3/c1-19-18-34(32-31-19)22-13-15-33(16-14-22)28(37)21-11-12-23-25(17-21)29-24(9-5-6-10-26(35)36)27(30-23)20-7-3-2-4-8-20/h2-4,7-8,11-12,17-18,22,31-32H,5-6,9-10,13-16H2,1H3,(H,35,36). The van der Waals surface area contributed by atoms with E-state index in [9.17, 15) is 9.59 Å². The molecule has 1 saturated heterocycles. The number of carboxylic acid groups (broad SMARTS) is 1. The highest BCUT2D eigenvalue weighted by atomic mass is 16.4. The quantitative estimate of drug-likeness (QED) is 0.400. The van der Waals surface area contributed by atoms with E-state index in [2.05, 4.69) is 22.2 Å². The number of fused-ring (bicyclic) bond motifs is 1. The Morgan fingerprint density at radius 1 is 1.03 bits per heavy atom. The first-order valence-electron chi connectivity index (χ1n) is 12.8. The van der Waals surface area contributed by atoms with Gasteiger partial charge in [-0.05, 0) is 57.2 Å². The zero-order chi connectivity index (χ0) is 25.8. The molecule has 0 atom stereocenters. The first-order chi connectivity index (χ1) is 18.0. The van der Waals surface area contributed by atoms with Gasteiger partial charge in [0, 0.05) is 48.6 Å². The van der Waals surface area contributed by atoms with E-state index in [4.69, 9.17) is 15.1 Å². The van der Waals surface area contributed by atoms with E-state index in [1.54, 1.807) is 0 Å². The van der Waals surface area contributed by atoms with Crippen LogP contribution in [0.5, 0.6) is 0 Å². The van der Waals surface area contributed by atoms with Gasteiger partial charge in [0.1, 0.15) is 0 Å². The second-order valence-corrected chi connectivity index (χ2v) is 9.67. The summed E-state index contributed by atoms with van der Waals surface area (Å²) < 4.78 is 0. The molecule has 192 valence electrons. The van der Waals surface area contributed by atoms with Crippen molar-refractivity contribution in [2.24, 2.45) is 0 Å². The third kappa shape index (κ3) is 5.72. The van der Waals surface area contributed by atoms with Crippen molar-refractivity contribution in [1.29, 1.82) is 0 Å². The number of amides is 1. The Morgan fingerprint density at radius 2 is 1.81 bits per heavy atom. The van der Waals surface area contributed by atoms with Gasteiger partial charge in [0.15, 0.2) is 0 Å². The summed E-state index contributed by atoms with van der Waals surface area (Å²) in [5.74, 6) is -0.781. The fourth-order valence-corrected chi connectivity index (χ4v) is 4.95. The molecule has 37 heavy (non-hydrogen) atoms. The van der Waals surface area contributed by atoms with Crippen LogP contribution in [0.1, 0.15) is 55.1 Å². The molecule has 0 aliphatic carbocycles. The number of hydrogen-bond acceptors (Lipinski definition) is 7. The molecule has 2 aliphatic heterocycles. The van der Waals surface area contributed by atoms with E-state index in [0.29, 0.717) is 49.5 Å². The maximum Gasteiger partial charge on any atom is 0.303 e. The Kier molecular flexibility index (Phi) is 7.32. The van der Waals surface area contributed by atoms with Crippen LogP contribution in [-0.2, 0) is 11.2 Å². The summed E-state index contributed by atoms with van der Waals surface area (Å²) in [6.45, 7) is 3.40. The average molecular weight is 501 g/mol. The molecule has 0 spiro atoms. The smallest absolute Gasteiger partial charge is 0.303 e. The van der Waals surface area contributed by atoms with Gasteiger partial charge < -0.3 is 15.4 Å². The first-order valence-corrected chi connectivity index (χ1v) is 12.8. The minimum Gasteiger partial charge on any atom is -0.481 e. The second kappa shape index (κ2) is 11.0. The first kappa shape index (κ1) is 24.7. The molecule has 5 rings (SSSR count). The van der Waals surface area contributed by atoms with Crippen molar-refractivity contribution in [3.8, 4) is 11.3 Å². The predicted octanol–water partition coefficient (Wildman–Crippen LogP) is 3.88. The number of likely N-dealkylation sites (tertiary alicyclic amines) is 1. The van der Waals surface area contributed by atoms with Crippen LogP contribution in [-0.4, -0.2) is 56.0 Å². The maximum atomic E-state index is 13.3. The van der Waals surface area contributed by atoms with E-state index in [1.165, 1.54) is 0 Å². The van der Waals surface area contributed by atoms with Crippen molar-refractivity contribution in [2.45, 2.75) is 51.5 Å². The second-order valence-electron chi connectivity index (χ2n) is 9.67. The third-order valence-corrected chi connectivity index (χ3v) is 6.94. The molecular weight excluding hydrogens is 468 g/mol. The van der Waals surface area contributed by atoms with Crippen LogP contribution in [0.3, 0.4) is 0 Å². The number of hydrogen-bond donors (Lipinski definition) is 3. The van der Waals surface area contributed by atoms with Crippen molar-refractivity contribution < 1.29 is 14.7 Å². The Bertz CT molecular complexity index is 1320. The molecule has 2 aliphatic rings. The number of aromatic nitrogens is 2. The number of carbonyl (C=O) groups is 2. The highest BCUT2D eigenvalue weighted by Gasteiger charge is 2.28. The number of aryl methyl sites for hydroxylation is 1. The number of benzene rings is 2. The van der Waals surface area contributed by atoms with Crippen molar-refractivity contribution in [1.82, 2.24) is 30.8 Å². The number of nitrogens with zero attached hydrogens (tertiary/aromatic N) is 4. The molecule has 0 saturated carbocycles.